The molecule has 0 aliphatic carbocycles. The van der Waals surface area contributed by atoms with E-state index in [1.165, 1.54) is 11.6 Å². The molecule has 4 rings (SSSR count). The number of imidazole rings is 1. The molecule has 0 unspecified atom stereocenters. The maximum Gasteiger partial charge on any atom is 0.227 e. The third kappa shape index (κ3) is 5.75. The van der Waals surface area contributed by atoms with Crippen molar-refractivity contribution >= 4 is 5.91 Å². The monoisotopic (exact) mass is 464 g/mol. The number of carbonyl (C=O) groups excluding carboxylic acids is 1. The Bertz CT molecular complexity index is 1130. The van der Waals surface area contributed by atoms with Gasteiger partial charge in [0, 0.05) is 49.9 Å². The minimum Gasteiger partial charge on any atom is -0.502 e. The van der Waals surface area contributed by atoms with Crippen LogP contribution < -0.4 is 10.7 Å². The number of hydrogen-bond acceptors (Lipinski definition) is 6. The number of benzene rings is 1. The van der Waals surface area contributed by atoms with Crippen molar-refractivity contribution in [2.45, 2.75) is 51.1 Å². The van der Waals surface area contributed by atoms with Crippen molar-refractivity contribution in [3.05, 3.63) is 82.4 Å². The molecule has 1 aliphatic rings. The van der Waals surface area contributed by atoms with E-state index in [1.807, 2.05) is 29.0 Å². The molecule has 8 heteroatoms. The highest BCUT2D eigenvalue weighted by atomic mass is 16.4. The van der Waals surface area contributed by atoms with Crippen LogP contribution in [0.1, 0.15) is 42.8 Å². The molecule has 180 valence electrons. The molecule has 34 heavy (non-hydrogen) atoms. The first kappa shape index (κ1) is 23.8. The van der Waals surface area contributed by atoms with E-state index in [2.05, 4.69) is 27.3 Å². The molecule has 3 aromatic rings. The Balaban J connectivity index is 1.45. The second-order valence-corrected chi connectivity index (χ2v) is 9.12. The highest BCUT2D eigenvalue weighted by Gasteiger charge is 2.43. The lowest BCUT2D eigenvalue weighted by Gasteiger charge is -2.41. The fraction of sp³-hybridized carbons (Fsp3) is 0.423. The van der Waals surface area contributed by atoms with Crippen molar-refractivity contribution in [3.8, 4) is 5.75 Å². The zero-order chi connectivity index (χ0) is 24.0. The fourth-order valence-corrected chi connectivity index (χ4v) is 4.71. The second kappa shape index (κ2) is 10.7. The lowest BCUT2D eigenvalue weighted by Crippen LogP contribution is -2.45. The van der Waals surface area contributed by atoms with Gasteiger partial charge in [-0.2, -0.15) is 0 Å². The van der Waals surface area contributed by atoms with Crippen LogP contribution in [0, 0.1) is 6.92 Å². The van der Waals surface area contributed by atoms with Crippen LogP contribution in [-0.4, -0.2) is 45.1 Å². The van der Waals surface area contributed by atoms with E-state index in [0.29, 0.717) is 25.1 Å². The van der Waals surface area contributed by atoms with Gasteiger partial charge in [-0.15, -0.1) is 0 Å². The molecule has 0 bridgehead atoms. The number of aryl methyl sites for hydroxylation is 2. The van der Waals surface area contributed by atoms with Crippen molar-refractivity contribution < 1.29 is 14.3 Å². The Morgan fingerprint density at radius 2 is 2.00 bits per heavy atom. The van der Waals surface area contributed by atoms with Gasteiger partial charge in [-0.05, 0) is 44.8 Å². The first-order valence-electron chi connectivity index (χ1n) is 11.8. The van der Waals surface area contributed by atoms with Gasteiger partial charge in [0.2, 0.25) is 17.1 Å². The summed E-state index contributed by atoms with van der Waals surface area (Å²) in [6.07, 6.45) is 7.55. The molecule has 0 spiro atoms. The number of hydrogen-bond donors (Lipinski definition) is 2. The summed E-state index contributed by atoms with van der Waals surface area (Å²) in [5.74, 6) is 0.191. The quantitative estimate of drug-likeness (QED) is 0.472. The van der Waals surface area contributed by atoms with E-state index < -0.39 is 10.8 Å². The number of carbonyl (C=O) groups is 1. The van der Waals surface area contributed by atoms with Crippen LogP contribution in [0.5, 0.6) is 5.75 Å². The van der Waals surface area contributed by atoms with E-state index in [0.717, 1.165) is 32.6 Å². The van der Waals surface area contributed by atoms with Crippen molar-refractivity contribution in [3.63, 3.8) is 0 Å². The Morgan fingerprint density at radius 1 is 1.24 bits per heavy atom. The van der Waals surface area contributed by atoms with Crippen LogP contribution in [0.3, 0.4) is 0 Å². The van der Waals surface area contributed by atoms with Crippen LogP contribution in [0.4, 0.5) is 0 Å². The van der Waals surface area contributed by atoms with E-state index >= 15 is 0 Å². The molecule has 0 atom stereocenters. The molecular weight excluding hydrogens is 432 g/mol. The minimum atomic E-state index is -0.725. The maximum atomic E-state index is 13.0. The highest BCUT2D eigenvalue weighted by molar-refractivity contribution is 5.77. The third-order valence-corrected chi connectivity index (χ3v) is 6.56. The Labute approximate surface area is 199 Å². The lowest BCUT2D eigenvalue weighted by molar-refractivity contribution is -0.123. The van der Waals surface area contributed by atoms with Crippen molar-refractivity contribution in [2.24, 2.45) is 0 Å². The topological polar surface area (TPSA) is 101 Å². The van der Waals surface area contributed by atoms with Crippen LogP contribution in [-0.2, 0) is 23.3 Å². The van der Waals surface area contributed by atoms with Gasteiger partial charge in [0.15, 0.2) is 5.76 Å². The molecule has 1 amide bonds. The van der Waals surface area contributed by atoms with Crippen molar-refractivity contribution in [2.75, 3.05) is 19.6 Å². The molecular formula is C26H32N4O4. The molecule has 1 fully saturated rings. The van der Waals surface area contributed by atoms with Gasteiger partial charge in [0.05, 0.1) is 6.33 Å². The van der Waals surface area contributed by atoms with Crippen LogP contribution >= 0.6 is 0 Å². The van der Waals surface area contributed by atoms with E-state index in [4.69, 9.17) is 4.42 Å². The lowest BCUT2D eigenvalue weighted by atomic mass is 9.72. The van der Waals surface area contributed by atoms with Gasteiger partial charge < -0.3 is 19.4 Å². The van der Waals surface area contributed by atoms with Gasteiger partial charge in [-0.25, -0.2) is 4.98 Å². The number of nitrogens with one attached hydrogen (secondary N) is 1. The number of amides is 1. The zero-order valence-corrected chi connectivity index (χ0v) is 19.6. The Hall–Kier alpha value is -3.39. The summed E-state index contributed by atoms with van der Waals surface area (Å²) in [6, 6.07) is 11.5. The molecule has 8 nitrogen and oxygen atoms in total. The number of nitrogens with zero attached hydrogens (tertiary/aromatic N) is 3. The number of aromatic hydroxyl groups is 1. The van der Waals surface area contributed by atoms with Crippen LogP contribution in [0.15, 0.2) is 64.3 Å². The normalized spacial score (nSPS) is 15.8. The minimum absolute atomic E-state index is 0.106. The number of likely N-dealkylation sites (tertiary alicyclic amines) is 1. The summed E-state index contributed by atoms with van der Waals surface area (Å²) in [5.41, 5.74) is 0.0396. The largest absolute Gasteiger partial charge is 0.502 e. The van der Waals surface area contributed by atoms with Crippen molar-refractivity contribution in [1.82, 2.24) is 19.8 Å². The average molecular weight is 465 g/mol. The number of piperidine rings is 1. The van der Waals surface area contributed by atoms with Gasteiger partial charge in [0.25, 0.3) is 0 Å². The smallest absolute Gasteiger partial charge is 0.227 e. The van der Waals surface area contributed by atoms with Crippen LogP contribution in [0.25, 0.3) is 0 Å². The van der Waals surface area contributed by atoms with E-state index in [9.17, 15) is 14.7 Å². The molecule has 0 saturated carbocycles. The Morgan fingerprint density at radius 3 is 2.71 bits per heavy atom. The zero-order valence-electron chi connectivity index (χ0n) is 19.6. The van der Waals surface area contributed by atoms with Gasteiger partial charge in [0.1, 0.15) is 5.76 Å². The number of rotatable bonds is 9. The molecule has 0 radical (unpaired) electrons. The molecule has 1 aromatic carbocycles. The van der Waals surface area contributed by atoms with Gasteiger partial charge >= 0.3 is 0 Å². The van der Waals surface area contributed by atoms with Gasteiger partial charge in [-0.3, -0.25) is 14.5 Å². The Kier molecular flexibility index (Phi) is 7.47. The van der Waals surface area contributed by atoms with E-state index in [-0.39, 0.29) is 23.8 Å². The summed E-state index contributed by atoms with van der Waals surface area (Å²) >= 11 is 0. The third-order valence-electron chi connectivity index (χ3n) is 6.56. The van der Waals surface area contributed by atoms with Crippen molar-refractivity contribution in [1.29, 1.82) is 0 Å². The molecule has 1 saturated heterocycles. The first-order valence-corrected chi connectivity index (χ1v) is 11.8. The van der Waals surface area contributed by atoms with E-state index in [1.54, 1.807) is 19.4 Å². The molecule has 2 N–H and O–H groups in total. The number of aromatic nitrogens is 2. The summed E-state index contributed by atoms with van der Waals surface area (Å²) in [7, 11) is 0. The summed E-state index contributed by atoms with van der Waals surface area (Å²) in [6.45, 7) is 5.30. The fourth-order valence-electron chi connectivity index (χ4n) is 4.71. The predicted octanol–water partition coefficient (Wildman–Crippen LogP) is 2.98. The average Bonchev–Trinajstić information content (AvgIpc) is 3.35. The molecule has 1 aliphatic heterocycles. The van der Waals surface area contributed by atoms with Crippen LogP contribution in [0.2, 0.25) is 0 Å². The highest BCUT2D eigenvalue weighted by Crippen LogP contribution is 2.42. The first-order chi connectivity index (χ1) is 16.4. The summed E-state index contributed by atoms with van der Waals surface area (Å²) in [4.78, 5) is 31.6. The SMILES string of the molecule is Cc1cc(=O)c(O)c(C2(CC(=O)NCCCn3ccnc3)CCN(Cc3ccccc3)CC2)o1. The molecule has 3 heterocycles. The molecule has 2 aromatic heterocycles. The summed E-state index contributed by atoms with van der Waals surface area (Å²) < 4.78 is 7.87. The summed E-state index contributed by atoms with van der Waals surface area (Å²) in [5, 5.41) is 13.6. The second-order valence-electron chi connectivity index (χ2n) is 9.12. The standard InChI is InChI=1S/C26H32N4O4/c1-20-16-22(31)24(33)25(34-20)26(17-23(32)28-10-5-12-30-15-11-27-19-30)8-13-29(14-9-26)18-21-6-3-2-4-7-21/h2-4,6-7,11,15-16,19,33H,5,8-10,12-14,17-18H2,1H3,(H,28,32). The van der Waals surface area contributed by atoms with Gasteiger partial charge in [-0.1, -0.05) is 30.3 Å². The predicted molar refractivity (Wildman–Crippen MR) is 128 cm³/mol. The maximum absolute atomic E-state index is 13.0.